The lowest BCUT2D eigenvalue weighted by Gasteiger charge is -2.16. The molecule has 2 aromatic carbocycles. The van der Waals surface area contributed by atoms with E-state index in [1.807, 2.05) is 42.5 Å². The summed E-state index contributed by atoms with van der Waals surface area (Å²) in [5, 5.41) is 0. The molecule has 0 saturated heterocycles. The number of amides is 2. The Morgan fingerprint density at radius 1 is 1.04 bits per heavy atom. The molecule has 0 bridgehead atoms. The van der Waals surface area contributed by atoms with Crippen molar-refractivity contribution in [2.45, 2.75) is 20.0 Å². The number of carbonyl (C=O) groups is 2. The van der Waals surface area contributed by atoms with Crippen molar-refractivity contribution in [2.75, 3.05) is 0 Å². The summed E-state index contributed by atoms with van der Waals surface area (Å²) < 4.78 is 5.72. The smallest absolute Gasteiger partial charge is 0.279 e. The summed E-state index contributed by atoms with van der Waals surface area (Å²) >= 11 is 1.40. The molecule has 0 fully saturated rings. The third-order valence-electron chi connectivity index (χ3n) is 4.46. The molecule has 27 heavy (non-hydrogen) atoms. The van der Waals surface area contributed by atoms with Crippen LogP contribution in [-0.2, 0) is 13.0 Å². The molecule has 5 nitrogen and oxygen atoms in total. The summed E-state index contributed by atoms with van der Waals surface area (Å²) in [7, 11) is 0. The largest absolute Gasteiger partial charge is 0.488 e. The van der Waals surface area contributed by atoms with Gasteiger partial charge in [-0.15, -0.1) is 11.3 Å². The number of hydrogen-bond acceptors (Lipinski definition) is 4. The van der Waals surface area contributed by atoms with Crippen LogP contribution < -0.4 is 15.6 Å². The molecule has 1 aliphatic rings. The minimum atomic E-state index is -0.346. The van der Waals surface area contributed by atoms with Crippen molar-refractivity contribution >= 4 is 23.2 Å². The predicted octanol–water partition coefficient (Wildman–Crippen LogP) is 3.94. The number of hydrazine groups is 1. The highest BCUT2D eigenvalue weighted by molar-refractivity contribution is 7.17. The van der Waals surface area contributed by atoms with Gasteiger partial charge in [0, 0.05) is 21.6 Å². The SMILES string of the molecule is CCc1ccc(C(=O)NNC(=O)c2cc3c(s2)-c2ccccc2OC3)cc1. The molecule has 0 unspecified atom stereocenters. The molecule has 0 saturated carbocycles. The molecule has 4 rings (SSSR count). The second-order valence-corrected chi connectivity index (χ2v) is 7.26. The van der Waals surface area contributed by atoms with E-state index in [2.05, 4.69) is 17.8 Å². The first-order valence-electron chi connectivity index (χ1n) is 8.70. The zero-order chi connectivity index (χ0) is 18.8. The van der Waals surface area contributed by atoms with Gasteiger partial charge in [0.1, 0.15) is 12.4 Å². The van der Waals surface area contributed by atoms with Crippen molar-refractivity contribution in [2.24, 2.45) is 0 Å². The fourth-order valence-electron chi connectivity index (χ4n) is 2.95. The number of thiophene rings is 1. The molecule has 2 amide bonds. The van der Waals surface area contributed by atoms with Crippen LogP contribution in [0.25, 0.3) is 10.4 Å². The average Bonchev–Trinajstić information content (AvgIpc) is 3.17. The van der Waals surface area contributed by atoms with E-state index in [0.717, 1.165) is 33.7 Å². The van der Waals surface area contributed by atoms with Crippen LogP contribution in [0.4, 0.5) is 0 Å². The van der Waals surface area contributed by atoms with E-state index >= 15 is 0 Å². The Kier molecular flexibility index (Phi) is 4.64. The minimum Gasteiger partial charge on any atom is -0.488 e. The normalized spacial score (nSPS) is 11.7. The van der Waals surface area contributed by atoms with Gasteiger partial charge in [0.15, 0.2) is 0 Å². The zero-order valence-corrected chi connectivity index (χ0v) is 15.6. The first-order valence-corrected chi connectivity index (χ1v) is 9.52. The van der Waals surface area contributed by atoms with E-state index in [0.29, 0.717) is 17.0 Å². The molecule has 0 radical (unpaired) electrons. The highest BCUT2D eigenvalue weighted by atomic mass is 32.1. The molecule has 2 N–H and O–H groups in total. The van der Waals surface area contributed by atoms with Crippen LogP contribution in [0.15, 0.2) is 54.6 Å². The number of benzene rings is 2. The Hall–Kier alpha value is -3.12. The van der Waals surface area contributed by atoms with Gasteiger partial charge in [-0.25, -0.2) is 0 Å². The minimum absolute atomic E-state index is 0.342. The van der Waals surface area contributed by atoms with E-state index in [4.69, 9.17) is 4.74 Å². The average molecular weight is 378 g/mol. The Balaban J connectivity index is 1.45. The van der Waals surface area contributed by atoms with E-state index in [1.165, 1.54) is 11.3 Å². The van der Waals surface area contributed by atoms with Crippen LogP contribution in [0.3, 0.4) is 0 Å². The molecular weight excluding hydrogens is 360 g/mol. The maximum Gasteiger partial charge on any atom is 0.279 e. The first kappa shape index (κ1) is 17.3. The molecule has 2 heterocycles. The van der Waals surface area contributed by atoms with E-state index in [1.54, 1.807) is 12.1 Å². The second kappa shape index (κ2) is 7.25. The van der Waals surface area contributed by atoms with Gasteiger partial charge in [0.05, 0.1) is 4.88 Å². The van der Waals surface area contributed by atoms with Crippen molar-refractivity contribution in [1.82, 2.24) is 10.9 Å². The Morgan fingerprint density at radius 2 is 1.78 bits per heavy atom. The number of rotatable bonds is 3. The van der Waals surface area contributed by atoms with E-state index in [9.17, 15) is 9.59 Å². The third-order valence-corrected chi connectivity index (χ3v) is 5.67. The van der Waals surface area contributed by atoms with Gasteiger partial charge in [-0.2, -0.15) is 0 Å². The predicted molar refractivity (Wildman–Crippen MR) is 105 cm³/mol. The lowest BCUT2D eigenvalue weighted by molar-refractivity contribution is 0.0849. The second-order valence-electron chi connectivity index (χ2n) is 6.21. The lowest BCUT2D eigenvalue weighted by Crippen LogP contribution is -2.41. The van der Waals surface area contributed by atoms with Gasteiger partial charge in [0.2, 0.25) is 0 Å². The maximum absolute atomic E-state index is 12.5. The Morgan fingerprint density at radius 3 is 2.56 bits per heavy atom. The monoisotopic (exact) mass is 378 g/mol. The highest BCUT2D eigenvalue weighted by Gasteiger charge is 2.22. The van der Waals surface area contributed by atoms with Gasteiger partial charge < -0.3 is 4.74 Å². The molecule has 0 aliphatic carbocycles. The summed E-state index contributed by atoms with van der Waals surface area (Å²) in [4.78, 5) is 26.2. The van der Waals surface area contributed by atoms with E-state index < -0.39 is 0 Å². The zero-order valence-electron chi connectivity index (χ0n) is 14.7. The van der Waals surface area contributed by atoms with Crippen molar-refractivity contribution in [3.05, 3.63) is 76.2 Å². The van der Waals surface area contributed by atoms with Crippen LogP contribution in [0.2, 0.25) is 0 Å². The van der Waals surface area contributed by atoms with Crippen LogP contribution in [0.5, 0.6) is 5.75 Å². The number of aryl methyl sites for hydroxylation is 1. The summed E-state index contributed by atoms with van der Waals surface area (Å²) in [5.74, 6) is 0.133. The van der Waals surface area contributed by atoms with Crippen LogP contribution in [-0.4, -0.2) is 11.8 Å². The van der Waals surface area contributed by atoms with Crippen LogP contribution in [0.1, 0.15) is 38.1 Å². The van der Waals surface area contributed by atoms with Crippen molar-refractivity contribution in [3.8, 4) is 16.2 Å². The first-order chi connectivity index (χ1) is 13.2. The summed E-state index contributed by atoms with van der Waals surface area (Å²) in [6.45, 7) is 2.49. The lowest BCUT2D eigenvalue weighted by atomic mass is 10.1. The molecule has 3 aromatic rings. The van der Waals surface area contributed by atoms with Crippen LogP contribution >= 0.6 is 11.3 Å². The number of carbonyl (C=O) groups excluding carboxylic acids is 2. The molecule has 136 valence electrons. The van der Waals surface area contributed by atoms with Gasteiger partial charge in [-0.3, -0.25) is 20.4 Å². The number of para-hydroxylation sites is 1. The van der Waals surface area contributed by atoms with Gasteiger partial charge >= 0.3 is 0 Å². The van der Waals surface area contributed by atoms with Crippen molar-refractivity contribution < 1.29 is 14.3 Å². The molecule has 1 aromatic heterocycles. The third kappa shape index (κ3) is 3.44. The standard InChI is InChI=1S/C21H18N2O3S/c1-2-13-7-9-14(10-8-13)20(24)22-23-21(25)18-11-15-12-26-17-6-4-3-5-16(17)19(15)27-18/h3-11H,2,12H2,1H3,(H,22,24)(H,23,25). The Labute approximate surface area is 161 Å². The summed E-state index contributed by atoms with van der Waals surface area (Å²) in [5.41, 5.74) is 8.58. The van der Waals surface area contributed by atoms with Crippen molar-refractivity contribution in [1.29, 1.82) is 0 Å². The molecule has 0 atom stereocenters. The number of hydrogen-bond donors (Lipinski definition) is 2. The molecule has 1 aliphatic heterocycles. The highest BCUT2D eigenvalue weighted by Crippen LogP contribution is 2.42. The van der Waals surface area contributed by atoms with Crippen LogP contribution in [0, 0.1) is 0 Å². The number of fused-ring (bicyclic) bond motifs is 3. The maximum atomic E-state index is 12.5. The molecular formula is C21H18N2O3S. The Bertz CT molecular complexity index is 1010. The van der Waals surface area contributed by atoms with Gasteiger partial charge in [0.25, 0.3) is 11.8 Å². The molecule has 0 spiro atoms. The molecule has 6 heteroatoms. The quantitative estimate of drug-likeness (QED) is 0.678. The van der Waals surface area contributed by atoms with E-state index in [-0.39, 0.29) is 11.8 Å². The van der Waals surface area contributed by atoms with Crippen molar-refractivity contribution in [3.63, 3.8) is 0 Å². The summed E-state index contributed by atoms with van der Waals surface area (Å²) in [6.07, 6.45) is 0.911. The fraction of sp³-hybridized carbons (Fsp3) is 0.143. The van der Waals surface area contributed by atoms with Gasteiger partial charge in [-0.05, 0) is 42.3 Å². The topological polar surface area (TPSA) is 67.4 Å². The summed E-state index contributed by atoms with van der Waals surface area (Å²) in [6, 6.07) is 16.9. The number of ether oxygens (including phenoxy) is 1. The van der Waals surface area contributed by atoms with Gasteiger partial charge in [-0.1, -0.05) is 31.2 Å². The fourth-order valence-corrected chi connectivity index (χ4v) is 4.04. The number of nitrogens with one attached hydrogen (secondary N) is 2.